The van der Waals surface area contributed by atoms with Gasteiger partial charge in [0.05, 0.1) is 39.3 Å². The molecule has 7 nitrogen and oxygen atoms in total. The minimum absolute atomic E-state index is 0.244. The minimum Gasteiger partial charge on any atom is -0.465 e. The fraction of sp³-hybridized carbons (Fsp3) is 0.333. The van der Waals surface area contributed by atoms with E-state index in [0.29, 0.717) is 35.4 Å². The van der Waals surface area contributed by atoms with Crippen molar-refractivity contribution < 1.29 is 9.90 Å². The quantitative estimate of drug-likeness (QED) is 0.548. The number of halogens is 1. The summed E-state index contributed by atoms with van der Waals surface area (Å²) < 4.78 is 1.39. The third kappa shape index (κ3) is 4.32. The van der Waals surface area contributed by atoms with Crippen molar-refractivity contribution in [1.29, 1.82) is 5.26 Å². The number of aromatic nitrogens is 2. The third-order valence-corrected chi connectivity index (χ3v) is 5.52. The fourth-order valence-corrected chi connectivity index (χ4v) is 4.18. The lowest BCUT2D eigenvalue weighted by Crippen LogP contribution is -2.48. The molecule has 0 saturated carbocycles. The van der Waals surface area contributed by atoms with Gasteiger partial charge in [0, 0.05) is 5.54 Å². The molecule has 3 rings (SSSR count). The van der Waals surface area contributed by atoms with E-state index in [1.165, 1.54) is 9.47 Å². The van der Waals surface area contributed by atoms with E-state index in [1.54, 1.807) is 63.2 Å². The molecule has 1 heterocycles. The number of nitrogens with zero attached hydrogens (tertiary/aromatic N) is 4. The highest BCUT2D eigenvalue weighted by Crippen LogP contribution is 2.33. The summed E-state index contributed by atoms with van der Waals surface area (Å²) >= 11 is 6.35. The Bertz CT molecular complexity index is 1270. The van der Waals surface area contributed by atoms with E-state index in [1.807, 2.05) is 6.92 Å². The standard InChI is InChI=1S/C24H25ClN4O3/c1-5-8-19(29(23(31)32)24(2,3)4)21-27-18-12-7-11-17(25)20(18)22(30)28(21)16-10-6-9-15(13-16)14-26/h6-7,9-13,19H,5,8H2,1-4H3,(H,31,32). The Morgan fingerprint density at radius 3 is 2.56 bits per heavy atom. The Morgan fingerprint density at radius 2 is 1.97 bits per heavy atom. The Hall–Kier alpha value is -3.37. The second-order valence-electron chi connectivity index (χ2n) is 8.53. The number of carbonyl (C=O) groups is 1. The van der Waals surface area contributed by atoms with E-state index in [4.69, 9.17) is 16.6 Å². The lowest BCUT2D eigenvalue weighted by atomic mass is 9.99. The predicted molar refractivity (Wildman–Crippen MR) is 124 cm³/mol. The molecule has 1 atom stereocenters. The summed E-state index contributed by atoms with van der Waals surface area (Å²) in [5.74, 6) is 0.291. The lowest BCUT2D eigenvalue weighted by molar-refractivity contribution is 0.0627. The summed E-state index contributed by atoms with van der Waals surface area (Å²) in [5.41, 5.74) is 0.0410. The molecule has 8 heteroatoms. The van der Waals surface area contributed by atoms with Crippen LogP contribution in [-0.2, 0) is 0 Å². The van der Waals surface area contributed by atoms with E-state index in [-0.39, 0.29) is 10.4 Å². The Morgan fingerprint density at radius 1 is 1.28 bits per heavy atom. The van der Waals surface area contributed by atoms with Crippen LogP contribution in [0.5, 0.6) is 0 Å². The molecule has 0 aliphatic rings. The van der Waals surface area contributed by atoms with Crippen molar-refractivity contribution in [3.05, 3.63) is 69.2 Å². The number of benzene rings is 2. The first-order chi connectivity index (χ1) is 15.1. The predicted octanol–water partition coefficient (Wildman–Crippen LogP) is 5.53. The van der Waals surface area contributed by atoms with Gasteiger partial charge in [0.25, 0.3) is 5.56 Å². The molecule has 0 aliphatic heterocycles. The van der Waals surface area contributed by atoms with Crippen molar-refractivity contribution in [2.45, 2.75) is 52.1 Å². The van der Waals surface area contributed by atoms with Crippen LogP contribution in [0.4, 0.5) is 4.79 Å². The molecule has 2 aromatic carbocycles. The normalized spacial score (nSPS) is 12.4. The molecule has 0 fully saturated rings. The summed E-state index contributed by atoms with van der Waals surface area (Å²) in [5, 5.41) is 20.0. The monoisotopic (exact) mass is 452 g/mol. The highest BCUT2D eigenvalue weighted by molar-refractivity contribution is 6.35. The lowest BCUT2D eigenvalue weighted by Gasteiger charge is -2.40. The van der Waals surface area contributed by atoms with Gasteiger partial charge in [-0.1, -0.05) is 37.1 Å². The second-order valence-corrected chi connectivity index (χ2v) is 8.94. The average Bonchev–Trinajstić information content (AvgIpc) is 2.72. The van der Waals surface area contributed by atoms with Crippen LogP contribution in [0.25, 0.3) is 16.6 Å². The van der Waals surface area contributed by atoms with Crippen LogP contribution >= 0.6 is 11.6 Å². The minimum atomic E-state index is -1.10. The maximum atomic E-state index is 13.7. The first-order valence-electron chi connectivity index (χ1n) is 10.3. The van der Waals surface area contributed by atoms with Gasteiger partial charge < -0.3 is 5.11 Å². The zero-order chi connectivity index (χ0) is 23.6. The molecule has 0 spiro atoms. The van der Waals surface area contributed by atoms with Crippen molar-refractivity contribution in [2.75, 3.05) is 0 Å². The average molecular weight is 453 g/mol. The van der Waals surface area contributed by atoms with Gasteiger partial charge in [0.1, 0.15) is 5.82 Å². The van der Waals surface area contributed by atoms with Crippen molar-refractivity contribution in [3.8, 4) is 11.8 Å². The molecule has 166 valence electrons. The number of amides is 1. The Labute approximate surface area is 191 Å². The van der Waals surface area contributed by atoms with Crippen molar-refractivity contribution in [3.63, 3.8) is 0 Å². The zero-order valence-electron chi connectivity index (χ0n) is 18.5. The second kappa shape index (κ2) is 9.01. The molecular formula is C24H25ClN4O3. The van der Waals surface area contributed by atoms with Gasteiger partial charge in [-0.15, -0.1) is 0 Å². The maximum absolute atomic E-state index is 13.7. The molecule has 3 aromatic rings. The molecular weight excluding hydrogens is 428 g/mol. The fourth-order valence-electron chi connectivity index (χ4n) is 3.93. The van der Waals surface area contributed by atoms with E-state index < -0.39 is 23.2 Å². The van der Waals surface area contributed by atoms with Crippen LogP contribution < -0.4 is 5.56 Å². The van der Waals surface area contributed by atoms with Gasteiger partial charge in [-0.25, -0.2) is 9.78 Å². The van der Waals surface area contributed by atoms with Gasteiger partial charge in [0.2, 0.25) is 0 Å². The van der Waals surface area contributed by atoms with Crippen LogP contribution in [0.1, 0.15) is 58.0 Å². The van der Waals surface area contributed by atoms with Gasteiger partial charge in [0.15, 0.2) is 0 Å². The van der Waals surface area contributed by atoms with E-state index in [9.17, 15) is 20.0 Å². The largest absolute Gasteiger partial charge is 0.465 e. The third-order valence-electron chi connectivity index (χ3n) is 5.21. The molecule has 0 radical (unpaired) electrons. The Balaban J connectivity index is 2.46. The van der Waals surface area contributed by atoms with E-state index in [2.05, 4.69) is 6.07 Å². The van der Waals surface area contributed by atoms with E-state index >= 15 is 0 Å². The molecule has 32 heavy (non-hydrogen) atoms. The van der Waals surface area contributed by atoms with Gasteiger partial charge in [-0.05, 0) is 57.5 Å². The molecule has 1 unspecified atom stereocenters. The molecule has 0 saturated heterocycles. The highest BCUT2D eigenvalue weighted by Gasteiger charge is 2.36. The van der Waals surface area contributed by atoms with Crippen molar-refractivity contribution >= 4 is 28.6 Å². The molecule has 0 aliphatic carbocycles. The number of nitriles is 1. The zero-order valence-corrected chi connectivity index (χ0v) is 19.2. The summed E-state index contributed by atoms with van der Waals surface area (Å²) in [6.07, 6.45) is 0.0281. The van der Waals surface area contributed by atoms with E-state index in [0.717, 1.165) is 0 Å². The SMILES string of the molecule is CCCC(c1nc2cccc(Cl)c2c(=O)n1-c1cccc(C#N)c1)N(C(=O)O)C(C)(C)C. The van der Waals surface area contributed by atoms with Crippen LogP contribution in [0.15, 0.2) is 47.3 Å². The Kier molecular flexibility index (Phi) is 6.56. The summed E-state index contributed by atoms with van der Waals surface area (Å²) in [6.45, 7) is 7.37. The number of hydrogen-bond acceptors (Lipinski definition) is 4. The van der Waals surface area contributed by atoms with Crippen LogP contribution in [-0.4, -0.2) is 31.2 Å². The molecule has 1 aromatic heterocycles. The number of fused-ring (bicyclic) bond motifs is 1. The summed E-state index contributed by atoms with van der Waals surface area (Å²) in [6, 6.07) is 13.0. The summed E-state index contributed by atoms with van der Waals surface area (Å²) in [7, 11) is 0. The summed E-state index contributed by atoms with van der Waals surface area (Å²) in [4.78, 5) is 32.1. The topological polar surface area (TPSA) is 99.2 Å². The molecule has 0 bridgehead atoms. The van der Waals surface area contributed by atoms with Crippen LogP contribution in [0.3, 0.4) is 0 Å². The highest BCUT2D eigenvalue weighted by atomic mass is 35.5. The van der Waals surface area contributed by atoms with Crippen molar-refractivity contribution in [2.24, 2.45) is 0 Å². The number of rotatable bonds is 5. The molecule has 1 N–H and O–H groups in total. The maximum Gasteiger partial charge on any atom is 0.408 e. The van der Waals surface area contributed by atoms with Crippen LogP contribution in [0.2, 0.25) is 5.02 Å². The molecule has 1 amide bonds. The van der Waals surface area contributed by atoms with Gasteiger partial charge in [-0.3, -0.25) is 14.3 Å². The van der Waals surface area contributed by atoms with Gasteiger partial charge in [-0.2, -0.15) is 5.26 Å². The van der Waals surface area contributed by atoms with Crippen molar-refractivity contribution in [1.82, 2.24) is 14.5 Å². The smallest absolute Gasteiger partial charge is 0.408 e. The number of hydrogen-bond donors (Lipinski definition) is 1. The number of carboxylic acid groups (broad SMARTS) is 1. The van der Waals surface area contributed by atoms with Crippen LogP contribution in [0, 0.1) is 11.3 Å². The first-order valence-corrected chi connectivity index (χ1v) is 10.7. The first kappa shape index (κ1) is 23.3. The van der Waals surface area contributed by atoms with Gasteiger partial charge >= 0.3 is 6.09 Å².